The van der Waals surface area contributed by atoms with Gasteiger partial charge in [0.05, 0.1) is 5.56 Å². The average Bonchev–Trinajstić information content (AvgIpc) is 2.65. The summed E-state index contributed by atoms with van der Waals surface area (Å²) in [5.74, 6) is 0. The molecule has 0 N–H and O–H groups in total. The van der Waals surface area contributed by atoms with E-state index in [1.165, 1.54) is 12.1 Å². The van der Waals surface area contributed by atoms with Gasteiger partial charge in [-0.15, -0.1) is 0 Å². The molecule has 0 amide bonds. The van der Waals surface area contributed by atoms with Gasteiger partial charge in [0.15, 0.2) is 22.9 Å². The fourth-order valence-corrected chi connectivity index (χ4v) is 2.66. The molecule has 0 radical (unpaired) electrons. The maximum atomic E-state index is 12.6. The van der Waals surface area contributed by atoms with E-state index in [0.717, 1.165) is 41.9 Å². The van der Waals surface area contributed by atoms with Crippen molar-refractivity contribution in [2.45, 2.75) is 24.7 Å². The first-order valence-electron chi connectivity index (χ1n) is 8.30. The van der Waals surface area contributed by atoms with E-state index in [4.69, 9.17) is 13.0 Å². The van der Waals surface area contributed by atoms with Crippen molar-refractivity contribution in [1.29, 1.82) is 0 Å². The first-order valence-corrected chi connectivity index (χ1v) is 9.70. The van der Waals surface area contributed by atoms with Crippen LogP contribution in [0.1, 0.15) is 23.2 Å². The van der Waals surface area contributed by atoms with Crippen LogP contribution in [0.3, 0.4) is 0 Å². The zero-order valence-electron chi connectivity index (χ0n) is 15.2. The molecule has 2 aromatic rings. The van der Waals surface area contributed by atoms with E-state index in [1.54, 1.807) is 0 Å². The normalized spacial score (nSPS) is 14.2. The molecule has 30 heavy (non-hydrogen) atoms. The van der Waals surface area contributed by atoms with E-state index in [2.05, 4.69) is 17.2 Å². The van der Waals surface area contributed by atoms with Gasteiger partial charge in [-0.05, 0) is 29.3 Å². The number of hydrogen-bond acceptors (Lipinski definition) is 3. The van der Waals surface area contributed by atoms with Crippen molar-refractivity contribution in [2.75, 3.05) is 0 Å². The SMILES string of the molecule is C=C(C1=CCC[n+]2ccccc21)c1ccc(C(F)(F)F)cc1.O=S(=O)([O-])C(F)(F)F. The van der Waals surface area contributed by atoms with Crippen molar-refractivity contribution in [2.24, 2.45) is 0 Å². The number of rotatable bonds is 2. The highest BCUT2D eigenvalue weighted by atomic mass is 32.2. The van der Waals surface area contributed by atoms with Gasteiger partial charge in [-0.1, -0.05) is 24.8 Å². The highest BCUT2D eigenvalue weighted by molar-refractivity contribution is 7.86. The smallest absolute Gasteiger partial charge is 0.485 e. The Morgan fingerprint density at radius 1 is 1.00 bits per heavy atom. The van der Waals surface area contributed by atoms with Crippen LogP contribution < -0.4 is 4.57 Å². The predicted molar refractivity (Wildman–Crippen MR) is 95.5 cm³/mol. The van der Waals surface area contributed by atoms with E-state index >= 15 is 0 Å². The monoisotopic (exact) mass is 451 g/mol. The van der Waals surface area contributed by atoms with Gasteiger partial charge >= 0.3 is 11.7 Å². The predicted octanol–water partition coefficient (Wildman–Crippen LogP) is 4.54. The molecule has 0 unspecified atom stereocenters. The fraction of sp³-hybridized carbons (Fsp3) is 0.211. The summed E-state index contributed by atoms with van der Waals surface area (Å²) in [6, 6.07) is 11.1. The summed E-state index contributed by atoms with van der Waals surface area (Å²) in [5.41, 5.74) is -2.82. The van der Waals surface area contributed by atoms with Gasteiger partial charge < -0.3 is 4.55 Å². The number of hydrogen-bond donors (Lipinski definition) is 0. The van der Waals surface area contributed by atoms with Crippen molar-refractivity contribution in [3.63, 3.8) is 0 Å². The fourth-order valence-electron chi connectivity index (χ4n) is 2.66. The number of allylic oxidation sites excluding steroid dienone is 3. The number of benzene rings is 1. The second-order valence-corrected chi connectivity index (χ2v) is 7.51. The van der Waals surface area contributed by atoms with Crippen molar-refractivity contribution in [3.8, 4) is 0 Å². The number of aromatic nitrogens is 1. The standard InChI is InChI=1S/C18H15F3N.CHF3O3S/c1-13(14-7-9-15(10-8-14)18(19,20)21)16-5-4-12-22-11-3-2-6-17(16)22;2-1(3,4)8(5,6)7/h2-3,5-11H,1,4,12H2;(H,5,6,7)/q+1;/p-1. The minimum Gasteiger partial charge on any atom is -0.741 e. The minimum atomic E-state index is -6.09. The van der Waals surface area contributed by atoms with Crippen molar-refractivity contribution in [1.82, 2.24) is 0 Å². The number of halogens is 6. The lowest BCUT2D eigenvalue weighted by atomic mass is 9.93. The number of fused-ring (bicyclic) bond motifs is 1. The number of nitrogens with zero attached hydrogens (tertiary/aromatic N) is 1. The molecular formula is C19H15F6NO3S. The second-order valence-electron chi connectivity index (χ2n) is 6.14. The molecule has 0 aliphatic carbocycles. The van der Waals surface area contributed by atoms with Gasteiger partial charge in [0, 0.05) is 24.1 Å². The van der Waals surface area contributed by atoms with E-state index in [1.807, 2.05) is 24.4 Å². The Hall–Kier alpha value is -2.66. The largest absolute Gasteiger partial charge is 0.741 e. The molecule has 162 valence electrons. The summed E-state index contributed by atoms with van der Waals surface area (Å²) in [6.45, 7) is 4.98. The molecule has 1 aliphatic rings. The molecule has 1 aromatic carbocycles. The van der Waals surface area contributed by atoms with Gasteiger partial charge in [-0.25, -0.2) is 8.42 Å². The summed E-state index contributed by atoms with van der Waals surface area (Å²) in [6.07, 6.45) is 0.667. The Bertz CT molecular complexity index is 1050. The third-order valence-corrected chi connectivity index (χ3v) is 4.67. The van der Waals surface area contributed by atoms with Crippen LogP contribution in [-0.4, -0.2) is 18.5 Å². The van der Waals surface area contributed by atoms with Gasteiger partial charge in [-0.3, -0.25) is 0 Å². The topological polar surface area (TPSA) is 61.1 Å². The summed E-state index contributed by atoms with van der Waals surface area (Å²) in [5, 5.41) is 0. The van der Waals surface area contributed by atoms with E-state index in [-0.39, 0.29) is 0 Å². The maximum Gasteiger partial charge on any atom is 0.485 e. The number of aryl methyl sites for hydroxylation is 1. The lowest BCUT2D eigenvalue weighted by Crippen LogP contribution is -2.39. The van der Waals surface area contributed by atoms with Crippen LogP contribution in [0.2, 0.25) is 0 Å². The third kappa shape index (κ3) is 5.70. The average molecular weight is 451 g/mol. The lowest BCUT2D eigenvalue weighted by Gasteiger charge is -2.15. The van der Waals surface area contributed by atoms with Gasteiger partial charge in [0.25, 0.3) is 0 Å². The summed E-state index contributed by atoms with van der Waals surface area (Å²) < 4.78 is 98.9. The molecule has 11 heteroatoms. The minimum absolute atomic E-state index is 0.642. The Labute approximate surface area is 168 Å². The van der Waals surface area contributed by atoms with Crippen LogP contribution in [0.4, 0.5) is 26.3 Å². The first-order chi connectivity index (χ1) is 13.7. The summed E-state index contributed by atoms with van der Waals surface area (Å²) in [4.78, 5) is 0. The van der Waals surface area contributed by atoms with Crippen molar-refractivity contribution in [3.05, 3.63) is 78.1 Å². The maximum absolute atomic E-state index is 12.6. The Balaban J connectivity index is 0.000000343. The van der Waals surface area contributed by atoms with Crippen molar-refractivity contribution >= 4 is 21.3 Å². The molecule has 3 rings (SSSR count). The first kappa shape index (κ1) is 23.6. The van der Waals surface area contributed by atoms with E-state index < -0.39 is 27.4 Å². The van der Waals surface area contributed by atoms with Crippen LogP contribution in [0.5, 0.6) is 0 Å². The highest BCUT2D eigenvalue weighted by Gasteiger charge is 2.37. The van der Waals surface area contributed by atoms with Crippen LogP contribution in [0.15, 0.2) is 61.3 Å². The molecule has 2 heterocycles. The quantitative estimate of drug-likeness (QED) is 0.292. The van der Waals surface area contributed by atoms with Gasteiger partial charge in [0.1, 0.15) is 0 Å². The van der Waals surface area contributed by atoms with E-state index in [9.17, 15) is 26.3 Å². The van der Waals surface area contributed by atoms with Crippen LogP contribution in [-0.2, 0) is 22.8 Å². The summed E-state index contributed by atoms with van der Waals surface area (Å²) >= 11 is 0. The Morgan fingerprint density at radius 3 is 2.07 bits per heavy atom. The molecular weight excluding hydrogens is 436 g/mol. The summed E-state index contributed by atoms with van der Waals surface area (Å²) in [7, 11) is -6.09. The molecule has 0 spiro atoms. The van der Waals surface area contributed by atoms with Crippen LogP contribution in [0.25, 0.3) is 11.1 Å². The Morgan fingerprint density at radius 2 is 1.57 bits per heavy atom. The van der Waals surface area contributed by atoms with Crippen molar-refractivity contribution < 1.29 is 43.9 Å². The molecule has 0 atom stereocenters. The molecule has 0 fully saturated rings. The third-order valence-electron chi connectivity index (χ3n) is 4.10. The van der Waals surface area contributed by atoms with Crippen LogP contribution >= 0.6 is 0 Å². The van der Waals surface area contributed by atoms with Crippen LogP contribution in [0, 0.1) is 0 Å². The zero-order chi connectivity index (χ0) is 22.7. The zero-order valence-corrected chi connectivity index (χ0v) is 16.0. The number of pyridine rings is 1. The molecule has 1 aromatic heterocycles. The van der Waals surface area contributed by atoms with Gasteiger partial charge in [-0.2, -0.15) is 30.9 Å². The molecule has 1 aliphatic heterocycles. The van der Waals surface area contributed by atoms with Gasteiger partial charge in [0.2, 0.25) is 5.69 Å². The molecule has 0 bridgehead atoms. The number of alkyl halides is 6. The molecule has 4 nitrogen and oxygen atoms in total. The molecule has 0 saturated heterocycles. The highest BCUT2D eigenvalue weighted by Crippen LogP contribution is 2.33. The lowest BCUT2D eigenvalue weighted by molar-refractivity contribution is -0.699. The molecule has 0 saturated carbocycles. The second kappa shape index (κ2) is 8.60. The van der Waals surface area contributed by atoms with E-state index in [0.29, 0.717) is 5.56 Å². The Kier molecular flexibility index (Phi) is 6.77.